The molecule has 1 amide bonds. The van der Waals surface area contributed by atoms with E-state index in [0.29, 0.717) is 18.4 Å². The highest BCUT2D eigenvalue weighted by molar-refractivity contribution is 6.31. The van der Waals surface area contributed by atoms with Gasteiger partial charge in [0.1, 0.15) is 6.10 Å². The van der Waals surface area contributed by atoms with E-state index in [4.69, 9.17) is 16.3 Å². The molecule has 2 aromatic rings. The fraction of sp³-hybridized carbons (Fsp3) is 0.471. The molecule has 1 N–H and O–H groups in total. The highest BCUT2D eigenvalue weighted by atomic mass is 35.5. The van der Waals surface area contributed by atoms with Crippen molar-refractivity contribution in [2.75, 3.05) is 6.61 Å². The first kappa shape index (κ1) is 14.8. The Hall–Kier alpha value is -1.72. The van der Waals surface area contributed by atoms with Crippen LogP contribution in [-0.2, 0) is 9.53 Å². The largest absolute Gasteiger partial charge is 0.368 e. The zero-order valence-corrected chi connectivity index (χ0v) is 13.4. The van der Waals surface area contributed by atoms with E-state index in [-0.39, 0.29) is 12.0 Å². The van der Waals surface area contributed by atoms with E-state index in [1.165, 1.54) is 0 Å². The van der Waals surface area contributed by atoms with Crippen molar-refractivity contribution < 1.29 is 9.53 Å². The lowest BCUT2D eigenvalue weighted by atomic mass is 9.73. The van der Waals surface area contributed by atoms with Crippen LogP contribution in [-0.4, -0.2) is 35.0 Å². The Morgan fingerprint density at radius 3 is 3.09 bits per heavy atom. The maximum absolute atomic E-state index is 11.9. The van der Waals surface area contributed by atoms with Crippen molar-refractivity contribution in [2.45, 2.75) is 37.7 Å². The third kappa shape index (κ3) is 2.91. The molecule has 0 bridgehead atoms. The number of benzene rings is 1. The minimum atomic E-state index is -0.319. The number of aliphatic imine (C=N–C) groups is 1. The van der Waals surface area contributed by atoms with Crippen LogP contribution < -0.4 is 0 Å². The van der Waals surface area contributed by atoms with Gasteiger partial charge in [0.25, 0.3) is 5.91 Å². The van der Waals surface area contributed by atoms with E-state index >= 15 is 0 Å². The van der Waals surface area contributed by atoms with Gasteiger partial charge in [-0.1, -0.05) is 11.6 Å². The summed E-state index contributed by atoms with van der Waals surface area (Å²) in [5.74, 6) is 0.639. The number of carbonyl (C=O) groups is 1. The minimum Gasteiger partial charge on any atom is -0.368 e. The number of halogens is 1. The van der Waals surface area contributed by atoms with E-state index in [1.54, 1.807) is 6.21 Å². The van der Waals surface area contributed by atoms with Crippen molar-refractivity contribution in [1.29, 1.82) is 0 Å². The number of ether oxygens (including phenoxy) is 1. The Morgan fingerprint density at radius 1 is 1.43 bits per heavy atom. The number of hydrogen-bond acceptors (Lipinski definition) is 3. The lowest BCUT2D eigenvalue weighted by molar-refractivity contribution is -0.126. The van der Waals surface area contributed by atoms with Crippen LogP contribution in [0.4, 0.5) is 0 Å². The third-order valence-corrected chi connectivity index (χ3v) is 4.98. The topological polar surface area (TPSA) is 67.3 Å². The van der Waals surface area contributed by atoms with E-state index in [1.807, 2.05) is 18.2 Å². The minimum absolute atomic E-state index is 0.135. The fourth-order valence-electron chi connectivity index (χ4n) is 3.37. The molecule has 1 aliphatic heterocycles. The van der Waals surface area contributed by atoms with Gasteiger partial charge < -0.3 is 4.74 Å². The Kier molecular flexibility index (Phi) is 3.91. The summed E-state index contributed by atoms with van der Waals surface area (Å²) in [5, 5.41) is 9.27. The molecule has 1 aromatic heterocycles. The van der Waals surface area contributed by atoms with Gasteiger partial charge in [-0.2, -0.15) is 5.10 Å². The summed E-state index contributed by atoms with van der Waals surface area (Å²) in [4.78, 5) is 15.9. The van der Waals surface area contributed by atoms with Crippen LogP contribution in [0.2, 0.25) is 5.02 Å². The molecule has 0 radical (unpaired) electrons. The first-order valence-electron chi connectivity index (χ1n) is 8.04. The van der Waals surface area contributed by atoms with Crippen LogP contribution in [0.3, 0.4) is 0 Å². The van der Waals surface area contributed by atoms with Gasteiger partial charge in [0.05, 0.1) is 5.52 Å². The predicted molar refractivity (Wildman–Crippen MR) is 89.0 cm³/mol. The van der Waals surface area contributed by atoms with Gasteiger partial charge >= 0.3 is 0 Å². The van der Waals surface area contributed by atoms with Crippen molar-refractivity contribution in [3.63, 3.8) is 0 Å². The standard InChI is InChI=1S/C17H18ClN3O2/c18-12-3-4-14-13(8-12)16(21-20-14)11-6-10(7-11)9-19-17(22)15-2-1-5-23-15/h3-4,8-11,15H,1-2,5-7H2,(H,20,21)/t10?,11?,15-/m0/s1. The number of fused-ring (bicyclic) bond motifs is 1. The quantitative estimate of drug-likeness (QED) is 0.875. The van der Waals surface area contributed by atoms with Crippen LogP contribution in [0.5, 0.6) is 0 Å². The van der Waals surface area contributed by atoms with Crippen molar-refractivity contribution in [3.05, 3.63) is 28.9 Å². The Bertz CT molecular complexity index is 758. The highest BCUT2D eigenvalue weighted by Crippen LogP contribution is 2.42. The van der Waals surface area contributed by atoms with Gasteiger partial charge in [0, 0.05) is 34.8 Å². The van der Waals surface area contributed by atoms with Gasteiger partial charge in [-0.25, -0.2) is 4.99 Å². The second kappa shape index (κ2) is 6.06. The Labute approximate surface area is 139 Å². The molecule has 0 spiro atoms. The van der Waals surface area contributed by atoms with E-state index in [0.717, 1.165) is 47.3 Å². The smallest absolute Gasteiger partial charge is 0.274 e. The second-order valence-electron chi connectivity index (χ2n) is 6.35. The van der Waals surface area contributed by atoms with Crippen LogP contribution in [0.15, 0.2) is 23.2 Å². The Morgan fingerprint density at radius 2 is 2.30 bits per heavy atom. The summed E-state index contributed by atoms with van der Waals surface area (Å²) in [5.41, 5.74) is 2.08. The molecule has 6 heteroatoms. The summed E-state index contributed by atoms with van der Waals surface area (Å²) in [6.45, 7) is 0.673. The van der Waals surface area contributed by atoms with E-state index in [9.17, 15) is 4.79 Å². The summed E-state index contributed by atoms with van der Waals surface area (Å²) in [7, 11) is 0. The first-order valence-corrected chi connectivity index (χ1v) is 8.41. The number of rotatable bonds is 3. The zero-order valence-electron chi connectivity index (χ0n) is 12.7. The average Bonchev–Trinajstić information content (AvgIpc) is 3.15. The molecule has 5 nitrogen and oxygen atoms in total. The molecule has 1 saturated carbocycles. The van der Waals surface area contributed by atoms with Gasteiger partial charge in [0.2, 0.25) is 0 Å². The monoisotopic (exact) mass is 331 g/mol. The molecule has 2 fully saturated rings. The summed E-state index contributed by atoms with van der Waals surface area (Å²) < 4.78 is 5.35. The molecule has 0 unspecified atom stereocenters. The van der Waals surface area contributed by atoms with Crippen LogP contribution in [0.1, 0.15) is 37.3 Å². The molecule has 1 aromatic carbocycles. The molecule has 23 heavy (non-hydrogen) atoms. The van der Waals surface area contributed by atoms with Gasteiger partial charge in [-0.05, 0) is 49.8 Å². The summed E-state index contributed by atoms with van der Waals surface area (Å²) >= 11 is 6.08. The molecule has 1 saturated heterocycles. The lowest BCUT2D eigenvalue weighted by Crippen LogP contribution is -2.25. The summed E-state index contributed by atoms with van der Waals surface area (Å²) in [6.07, 6.45) is 5.18. The number of hydrogen-bond donors (Lipinski definition) is 1. The Balaban J connectivity index is 1.39. The van der Waals surface area contributed by atoms with Gasteiger partial charge in [-0.15, -0.1) is 0 Å². The molecule has 1 aliphatic carbocycles. The molecule has 1 atom stereocenters. The number of amides is 1. The third-order valence-electron chi connectivity index (χ3n) is 4.75. The normalized spacial score (nSPS) is 27.6. The number of nitrogens with one attached hydrogen (secondary N) is 1. The van der Waals surface area contributed by atoms with E-state index < -0.39 is 0 Å². The van der Waals surface area contributed by atoms with Gasteiger partial charge in [-0.3, -0.25) is 9.89 Å². The molecular formula is C17H18ClN3O2. The number of carbonyl (C=O) groups excluding carboxylic acids is 1. The predicted octanol–water partition coefficient (Wildman–Crippen LogP) is 3.49. The van der Waals surface area contributed by atoms with Crippen molar-refractivity contribution in [1.82, 2.24) is 10.2 Å². The number of aromatic nitrogens is 2. The van der Waals surface area contributed by atoms with Crippen molar-refractivity contribution >= 4 is 34.6 Å². The maximum Gasteiger partial charge on any atom is 0.274 e. The van der Waals surface area contributed by atoms with Crippen molar-refractivity contribution in [3.8, 4) is 0 Å². The summed E-state index contributed by atoms with van der Waals surface area (Å²) in [6, 6.07) is 5.73. The van der Waals surface area contributed by atoms with Crippen LogP contribution >= 0.6 is 11.6 Å². The SMILES string of the molecule is O=C(N=CC1CC(c2[nH]nc3ccc(Cl)cc23)C1)[C@@H]1CCCO1. The number of aromatic amines is 1. The second-order valence-corrected chi connectivity index (χ2v) is 6.78. The molecule has 4 rings (SSSR count). The maximum atomic E-state index is 11.9. The molecule has 120 valence electrons. The molecular weight excluding hydrogens is 314 g/mol. The van der Waals surface area contributed by atoms with E-state index in [2.05, 4.69) is 15.2 Å². The number of nitrogens with zero attached hydrogens (tertiary/aromatic N) is 2. The van der Waals surface area contributed by atoms with Crippen LogP contribution in [0.25, 0.3) is 10.9 Å². The lowest BCUT2D eigenvalue weighted by Gasteiger charge is -2.32. The molecule has 2 heterocycles. The molecule has 2 aliphatic rings. The van der Waals surface area contributed by atoms with Crippen LogP contribution in [0, 0.1) is 5.92 Å². The van der Waals surface area contributed by atoms with Gasteiger partial charge in [0.15, 0.2) is 0 Å². The highest BCUT2D eigenvalue weighted by Gasteiger charge is 2.32. The van der Waals surface area contributed by atoms with Crippen molar-refractivity contribution in [2.24, 2.45) is 10.9 Å². The zero-order chi connectivity index (χ0) is 15.8. The first-order chi connectivity index (χ1) is 11.2. The average molecular weight is 332 g/mol. The fourth-order valence-corrected chi connectivity index (χ4v) is 3.54. The number of H-pyrrole nitrogens is 1.